The highest BCUT2D eigenvalue weighted by Gasteiger charge is 2.45. The molecule has 0 bridgehead atoms. The Bertz CT molecular complexity index is 773. The van der Waals surface area contributed by atoms with Crippen LogP contribution in [0.25, 0.3) is 0 Å². The largest absolute Gasteiger partial charge is 0.489 e. The van der Waals surface area contributed by atoms with Gasteiger partial charge in [0.05, 0.1) is 6.42 Å². The van der Waals surface area contributed by atoms with Crippen molar-refractivity contribution in [3.05, 3.63) is 65.7 Å². The van der Waals surface area contributed by atoms with Crippen LogP contribution in [0.1, 0.15) is 36.8 Å². The molecule has 1 fully saturated rings. The number of aliphatic carboxylic acids is 1. The smallest absolute Gasteiger partial charge is 0.305 e. The molecule has 0 aliphatic heterocycles. The highest BCUT2D eigenvalue weighted by atomic mass is 16.5. The third-order valence-electron chi connectivity index (χ3n) is 4.95. The number of nitrogens with zero attached hydrogens (tertiary/aromatic N) is 1. The van der Waals surface area contributed by atoms with Crippen molar-refractivity contribution in [2.24, 2.45) is 5.92 Å². The molecule has 27 heavy (non-hydrogen) atoms. The minimum atomic E-state index is -0.875. The Morgan fingerprint density at radius 1 is 1.11 bits per heavy atom. The van der Waals surface area contributed by atoms with Crippen molar-refractivity contribution in [1.82, 2.24) is 4.90 Å². The number of rotatable bonds is 9. The van der Waals surface area contributed by atoms with Gasteiger partial charge in [0.15, 0.2) is 0 Å². The van der Waals surface area contributed by atoms with Crippen LogP contribution in [-0.4, -0.2) is 35.0 Å². The Labute approximate surface area is 159 Å². The van der Waals surface area contributed by atoms with Gasteiger partial charge in [0, 0.05) is 19.0 Å². The zero-order valence-electron chi connectivity index (χ0n) is 15.5. The summed E-state index contributed by atoms with van der Waals surface area (Å²) >= 11 is 0. The van der Waals surface area contributed by atoms with E-state index < -0.39 is 5.97 Å². The quantitative estimate of drug-likeness (QED) is 0.734. The summed E-state index contributed by atoms with van der Waals surface area (Å²) in [6, 6.07) is 17.9. The zero-order valence-corrected chi connectivity index (χ0v) is 15.5. The van der Waals surface area contributed by atoms with Gasteiger partial charge < -0.3 is 14.7 Å². The van der Waals surface area contributed by atoms with E-state index in [1.807, 2.05) is 61.5 Å². The predicted octanol–water partition coefficient (Wildman–Crippen LogP) is 3.69. The number of carbonyl (C=O) groups excluding carboxylic acids is 1. The maximum atomic E-state index is 12.6. The fourth-order valence-corrected chi connectivity index (χ4v) is 3.28. The number of carboxylic acid groups (broad SMARTS) is 1. The van der Waals surface area contributed by atoms with E-state index in [2.05, 4.69) is 0 Å². The fourth-order valence-electron chi connectivity index (χ4n) is 3.28. The summed E-state index contributed by atoms with van der Waals surface area (Å²) in [5.74, 6) is 0.185. The highest BCUT2D eigenvalue weighted by molar-refractivity contribution is 5.83. The van der Waals surface area contributed by atoms with Crippen LogP contribution < -0.4 is 4.74 Å². The lowest BCUT2D eigenvalue weighted by Gasteiger charge is -2.20. The second kappa shape index (κ2) is 8.71. The number of hydrogen-bond acceptors (Lipinski definition) is 3. The maximum Gasteiger partial charge on any atom is 0.305 e. The average molecular weight is 367 g/mol. The van der Waals surface area contributed by atoms with Crippen molar-refractivity contribution in [3.8, 4) is 5.75 Å². The Morgan fingerprint density at radius 3 is 2.44 bits per heavy atom. The van der Waals surface area contributed by atoms with Gasteiger partial charge in [0.25, 0.3) is 0 Å². The lowest BCUT2D eigenvalue weighted by Crippen LogP contribution is -2.34. The Morgan fingerprint density at radius 2 is 1.81 bits per heavy atom. The van der Waals surface area contributed by atoms with Crippen LogP contribution >= 0.6 is 0 Å². The van der Waals surface area contributed by atoms with Crippen molar-refractivity contribution in [2.45, 2.75) is 32.3 Å². The molecule has 2 aromatic carbocycles. The molecule has 1 aliphatic carbocycles. The molecule has 3 rings (SSSR count). The molecule has 0 heterocycles. The molecule has 1 amide bonds. The first-order chi connectivity index (χ1) is 13.1. The van der Waals surface area contributed by atoms with E-state index in [9.17, 15) is 9.59 Å². The molecule has 2 aromatic rings. The van der Waals surface area contributed by atoms with E-state index in [1.165, 1.54) is 0 Å². The zero-order chi connectivity index (χ0) is 19.2. The predicted molar refractivity (Wildman–Crippen MR) is 103 cm³/mol. The summed E-state index contributed by atoms with van der Waals surface area (Å²) in [6.45, 7) is 3.23. The van der Waals surface area contributed by atoms with Crippen LogP contribution in [-0.2, 0) is 16.2 Å². The van der Waals surface area contributed by atoms with Gasteiger partial charge in [-0.3, -0.25) is 9.59 Å². The summed E-state index contributed by atoms with van der Waals surface area (Å²) in [4.78, 5) is 25.0. The Hall–Kier alpha value is -2.82. The molecule has 0 saturated heterocycles. The van der Waals surface area contributed by atoms with Gasteiger partial charge in [-0.15, -0.1) is 0 Å². The van der Waals surface area contributed by atoms with Crippen LogP contribution in [0.4, 0.5) is 0 Å². The molecule has 0 aromatic heterocycles. The molecule has 1 N–H and O–H groups in total. The number of amides is 1. The summed E-state index contributed by atoms with van der Waals surface area (Å²) in [7, 11) is 0. The summed E-state index contributed by atoms with van der Waals surface area (Å²) in [6.07, 6.45) is 0.817. The van der Waals surface area contributed by atoms with Gasteiger partial charge in [-0.25, -0.2) is 0 Å². The molecular weight excluding hydrogens is 342 g/mol. The van der Waals surface area contributed by atoms with Gasteiger partial charge >= 0.3 is 5.97 Å². The monoisotopic (exact) mass is 367 g/mol. The lowest BCUT2D eigenvalue weighted by atomic mass is 10.1. The first-order valence-electron chi connectivity index (χ1n) is 9.35. The number of benzene rings is 2. The van der Waals surface area contributed by atoms with Crippen molar-refractivity contribution in [2.75, 3.05) is 13.1 Å². The van der Waals surface area contributed by atoms with Crippen molar-refractivity contribution < 1.29 is 19.4 Å². The summed E-state index contributed by atoms with van der Waals surface area (Å²) in [5, 5.41) is 8.82. The van der Waals surface area contributed by atoms with Crippen LogP contribution in [0.2, 0.25) is 0 Å². The minimum absolute atomic E-state index is 0.00951. The maximum absolute atomic E-state index is 12.6. The number of carboxylic acids is 1. The molecule has 1 saturated carbocycles. The average Bonchev–Trinajstić information content (AvgIpc) is 3.48. The minimum Gasteiger partial charge on any atom is -0.489 e. The molecule has 1 aliphatic rings. The molecule has 2 unspecified atom stereocenters. The van der Waals surface area contributed by atoms with Crippen molar-refractivity contribution >= 4 is 11.9 Å². The summed E-state index contributed by atoms with van der Waals surface area (Å²) in [5.41, 5.74) is 2.25. The standard InChI is InChI=1S/C22H25NO4/c1-2-23(13-12-21(24)25)22(26)20-14-19(20)17-8-10-18(11-9-17)27-15-16-6-4-3-5-7-16/h3-11,19-20H,2,12-15H2,1H3,(H,24,25). The van der Waals surface area contributed by atoms with Gasteiger partial charge in [0.1, 0.15) is 12.4 Å². The van der Waals surface area contributed by atoms with E-state index in [-0.39, 0.29) is 30.7 Å². The summed E-state index contributed by atoms with van der Waals surface area (Å²) < 4.78 is 5.80. The highest BCUT2D eigenvalue weighted by Crippen LogP contribution is 2.48. The van der Waals surface area contributed by atoms with Crippen LogP contribution in [0.15, 0.2) is 54.6 Å². The second-order valence-electron chi connectivity index (χ2n) is 6.85. The van der Waals surface area contributed by atoms with Gasteiger partial charge in [-0.05, 0) is 42.5 Å². The lowest BCUT2D eigenvalue weighted by molar-refractivity contribution is -0.138. The fraction of sp³-hybridized carbons (Fsp3) is 0.364. The number of hydrogen-bond donors (Lipinski definition) is 1. The van der Waals surface area contributed by atoms with E-state index in [0.717, 1.165) is 23.3 Å². The number of carbonyl (C=O) groups is 2. The van der Waals surface area contributed by atoms with Crippen molar-refractivity contribution in [1.29, 1.82) is 0 Å². The second-order valence-corrected chi connectivity index (χ2v) is 6.85. The van der Waals surface area contributed by atoms with Gasteiger partial charge in [0.2, 0.25) is 5.91 Å². The van der Waals surface area contributed by atoms with Gasteiger partial charge in [-0.2, -0.15) is 0 Å². The molecule has 0 spiro atoms. The third-order valence-corrected chi connectivity index (χ3v) is 4.95. The SMILES string of the molecule is CCN(CCC(=O)O)C(=O)C1CC1c1ccc(OCc2ccccc2)cc1. The molecule has 142 valence electrons. The third kappa shape index (κ3) is 5.09. The molecule has 5 heteroatoms. The first kappa shape index (κ1) is 19.0. The Kier molecular flexibility index (Phi) is 6.12. The topological polar surface area (TPSA) is 66.8 Å². The van der Waals surface area contributed by atoms with Crippen LogP contribution in [0, 0.1) is 5.92 Å². The molecule has 0 radical (unpaired) electrons. The van der Waals surface area contributed by atoms with E-state index in [1.54, 1.807) is 4.90 Å². The first-order valence-corrected chi connectivity index (χ1v) is 9.35. The normalized spacial score (nSPS) is 18.0. The van der Waals surface area contributed by atoms with E-state index >= 15 is 0 Å². The van der Waals surface area contributed by atoms with Gasteiger partial charge in [-0.1, -0.05) is 42.5 Å². The van der Waals surface area contributed by atoms with Crippen molar-refractivity contribution in [3.63, 3.8) is 0 Å². The Balaban J connectivity index is 1.52. The molecule has 2 atom stereocenters. The molecule has 5 nitrogen and oxygen atoms in total. The molecular formula is C22H25NO4. The van der Waals surface area contributed by atoms with Crippen LogP contribution in [0.3, 0.4) is 0 Å². The number of ether oxygens (including phenoxy) is 1. The van der Waals surface area contributed by atoms with Crippen LogP contribution in [0.5, 0.6) is 5.75 Å². The van der Waals surface area contributed by atoms with E-state index in [4.69, 9.17) is 9.84 Å². The van der Waals surface area contributed by atoms with E-state index in [0.29, 0.717) is 13.2 Å².